The van der Waals surface area contributed by atoms with Crippen molar-refractivity contribution in [2.75, 3.05) is 13.1 Å². The molecule has 1 aromatic rings. The first-order chi connectivity index (χ1) is 8.80. The number of carbonyl (C=O) groups is 1. The van der Waals surface area contributed by atoms with Gasteiger partial charge in [-0.2, -0.15) is 4.31 Å². The average molecular weight is 287 g/mol. The number of hydrogen-bond donors (Lipinski definition) is 1. The molecular weight excluding hydrogens is 273 g/mol. The van der Waals surface area contributed by atoms with Gasteiger partial charge in [0.15, 0.2) is 0 Å². The lowest BCUT2D eigenvalue weighted by Gasteiger charge is -2.37. The lowest BCUT2D eigenvalue weighted by atomic mass is 10.00. The number of aliphatic carboxylic acids is 1. The van der Waals surface area contributed by atoms with E-state index in [0.29, 0.717) is 5.56 Å². The fourth-order valence-corrected chi connectivity index (χ4v) is 3.91. The molecule has 0 amide bonds. The topological polar surface area (TPSA) is 74.7 Å². The van der Waals surface area contributed by atoms with E-state index in [1.54, 1.807) is 6.92 Å². The van der Waals surface area contributed by atoms with Gasteiger partial charge in [0.25, 0.3) is 0 Å². The third kappa shape index (κ3) is 2.76. The monoisotopic (exact) mass is 287 g/mol. The van der Waals surface area contributed by atoms with Crippen LogP contribution in [-0.4, -0.2) is 36.9 Å². The van der Waals surface area contributed by atoms with Crippen LogP contribution in [-0.2, 0) is 14.8 Å². The number of halogens is 1. The lowest BCUT2D eigenvalue weighted by Crippen LogP contribution is -2.50. The molecule has 1 saturated heterocycles. The van der Waals surface area contributed by atoms with Crippen LogP contribution in [0.5, 0.6) is 0 Å². The van der Waals surface area contributed by atoms with Gasteiger partial charge in [0.2, 0.25) is 10.0 Å². The van der Waals surface area contributed by atoms with E-state index in [9.17, 15) is 17.6 Å². The van der Waals surface area contributed by atoms with Crippen LogP contribution in [0.3, 0.4) is 0 Å². The smallest absolute Gasteiger partial charge is 0.303 e. The van der Waals surface area contributed by atoms with Gasteiger partial charge in [0.1, 0.15) is 5.82 Å². The number of sulfonamides is 1. The van der Waals surface area contributed by atoms with E-state index < -0.39 is 21.8 Å². The van der Waals surface area contributed by atoms with Crippen LogP contribution in [0.4, 0.5) is 4.39 Å². The summed E-state index contributed by atoms with van der Waals surface area (Å²) in [5.41, 5.74) is 0.475. The number of rotatable bonds is 4. The number of carboxylic acid groups (broad SMARTS) is 1. The molecule has 5 nitrogen and oxygen atoms in total. The minimum Gasteiger partial charge on any atom is -0.481 e. The van der Waals surface area contributed by atoms with Gasteiger partial charge in [-0.05, 0) is 30.5 Å². The van der Waals surface area contributed by atoms with Crippen molar-refractivity contribution in [1.82, 2.24) is 4.31 Å². The molecule has 0 aromatic heterocycles. The summed E-state index contributed by atoms with van der Waals surface area (Å²) in [5.74, 6) is -1.71. The van der Waals surface area contributed by atoms with E-state index in [1.165, 1.54) is 16.4 Å². The molecule has 0 atom stereocenters. The molecule has 0 spiro atoms. The second-order valence-corrected chi connectivity index (χ2v) is 6.60. The summed E-state index contributed by atoms with van der Waals surface area (Å²) in [6, 6.07) is 3.61. The summed E-state index contributed by atoms with van der Waals surface area (Å²) in [7, 11) is -3.72. The fourth-order valence-electron chi connectivity index (χ4n) is 2.09. The molecule has 0 radical (unpaired) electrons. The molecule has 1 N–H and O–H groups in total. The van der Waals surface area contributed by atoms with Gasteiger partial charge in [-0.15, -0.1) is 0 Å². The predicted octanol–water partition coefficient (Wildman–Crippen LogP) is 1.23. The minimum absolute atomic E-state index is 0.0475. The zero-order valence-electron chi connectivity index (χ0n) is 10.3. The summed E-state index contributed by atoms with van der Waals surface area (Å²) >= 11 is 0. The van der Waals surface area contributed by atoms with E-state index in [1.807, 2.05) is 0 Å². The maximum atomic E-state index is 13.2. The SMILES string of the molecule is Cc1ccc(F)cc1S(=O)(=O)N1CC(CC(=O)O)C1. The van der Waals surface area contributed by atoms with Crippen molar-refractivity contribution in [2.24, 2.45) is 5.92 Å². The molecule has 7 heteroatoms. The molecule has 0 unspecified atom stereocenters. The van der Waals surface area contributed by atoms with E-state index in [2.05, 4.69) is 0 Å². The summed E-state index contributed by atoms with van der Waals surface area (Å²) < 4.78 is 38.8. The number of carboxylic acids is 1. The molecule has 0 saturated carbocycles. The Balaban J connectivity index is 2.17. The van der Waals surface area contributed by atoms with E-state index in [4.69, 9.17) is 5.11 Å². The summed E-state index contributed by atoms with van der Waals surface area (Å²) in [6.45, 7) is 1.94. The van der Waals surface area contributed by atoms with Crippen LogP contribution < -0.4 is 0 Å². The molecule has 1 aromatic carbocycles. The van der Waals surface area contributed by atoms with E-state index >= 15 is 0 Å². The molecule has 19 heavy (non-hydrogen) atoms. The molecule has 0 bridgehead atoms. The van der Waals surface area contributed by atoms with Crippen molar-refractivity contribution >= 4 is 16.0 Å². The van der Waals surface area contributed by atoms with E-state index in [-0.39, 0.29) is 30.3 Å². The highest BCUT2D eigenvalue weighted by Gasteiger charge is 2.38. The molecular formula is C12H14FNO4S. The number of nitrogens with zero attached hydrogens (tertiary/aromatic N) is 1. The predicted molar refractivity (Wildman–Crippen MR) is 65.6 cm³/mol. The summed E-state index contributed by atoms with van der Waals surface area (Å²) in [4.78, 5) is 10.5. The van der Waals surface area contributed by atoms with Crippen LogP contribution in [0.1, 0.15) is 12.0 Å². The number of hydrogen-bond acceptors (Lipinski definition) is 3. The molecule has 1 heterocycles. The van der Waals surface area contributed by atoms with Gasteiger partial charge in [0, 0.05) is 13.1 Å². The normalized spacial score (nSPS) is 17.2. The zero-order valence-corrected chi connectivity index (χ0v) is 11.2. The number of aryl methyl sites for hydroxylation is 1. The van der Waals surface area contributed by atoms with Gasteiger partial charge in [-0.1, -0.05) is 6.07 Å². The van der Waals surface area contributed by atoms with Crippen LogP contribution >= 0.6 is 0 Å². The summed E-state index contributed by atoms with van der Waals surface area (Å²) in [5, 5.41) is 8.62. The molecule has 2 rings (SSSR count). The highest BCUT2D eigenvalue weighted by molar-refractivity contribution is 7.89. The minimum atomic E-state index is -3.72. The molecule has 1 aliphatic rings. The maximum absolute atomic E-state index is 13.2. The van der Waals surface area contributed by atoms with E-state index in [0.717, 1.165) is 6.07 Å². The Labute approximate surface area is 110 Å². The first-order valence-electron chi connectivity index (χ1n) is 5.79. The van der Waals surface area contributed by atoms with Crippen molar-refractivity contribution in [2.45, 2.75) is 18.2 Å². The fraction of sp³-hybridized carbons (Fsp3) is 0.417. The highest BCUT2D eigenvalue weighted by atomic mass is 32.2. The van der Waals surface area contributed by atoms with Crippen molar-refractivity contribution in [3.63, 3.8) is 0 Å². The van der Waals surface area contributed by atoms with Gasteiger partial charge < -0.3 is 5.11 Å². The van der Waals surface area contributed by atoms with Gasteiger partial charge in [-0.3, -0.25) is 4.79 Å². The summed E-state index contributed by atoms with van der Waals surface area (Å²) in [6.07, 6.45) is -0.0475. The van der Waals surface area contributed by atoms with Crippen LogP contribution in [0.15, 0.2) is 23.1 Å². The molecule has 1 fully saturated rings. The second kappa shape index (κ2) is 4.90. The first kappa shape index (κ1) is 14.0. The van der Waals surface area contributed by atoms with Gasteiger partial charge >= 0.3 is 5.97 Å². The van der Waals surface area contributed by atoms with Crippen LogP contribution in [0.2, 0.25) is 0 Å². The largest absolute Gasteiger partial charge is 0.481 e. The third-order valence-corrected chi connectivity index (χ3v) is 5.13. The first-order valence-corrected chi connectivity index (χ1v) is 7.23. The maximum Gasteiger partial charge on any atom is 0.303 e. The Hall–Kier alpha value is -1.47. The van der Waals surface area contributed by atoms with Crippen molar-refractivity contribution < 1.29 is 22.7 Å². The Bertz CT molecular complexity index is 608. The molecule has 104 valence electrons. The van der Waals surface area contributed by atoms with Crippen molar-refractivity contribution in [3.05, 3.63) is 29.6 Å². The highest BCUT2D eigenvalue weighted by Crippen LogP contribution is 2.28. The van der Waals surface area contributed by atoms with Gasteiger partial charge in [0.05, 0.1) is 11.3 Å². The number of benzene rings is 1. The Morgan fingerprint density at radius 2 is 2.11 bits per heavy atom. The Morgan fingerprint density at radius 3 is 2.68 bits per heavy atom. The van der Waals surface area contributed by atoms with Gasteiger partial charge in [-0.25, -0.2) is 12.8 Å². The quantitative estimate of drug-likeness (QED) is 0.903. The van der Waals surface area contributed by atoms with Crippen LogP contribution in [0.25, 0.3) is 0 Å². The third-order valence-electron chi connectivity index (χ3n) is 3.15. The Kier molecular flexibility index (Phi) is 3.60. The van der Waals surface area contributed by atoms with Crippen LogP contribution in [0, 0.1) is 18.7 Å². The standard InChI is InChI=1S/C12H14FNO4S/c1-8-2-3-10(13)5-11(8)19(17,18)14-6-9(7-14)4-12(15)16/h2-3,5,9H,4,6-7H2,1H3,(H,15,16). The molecule has 0 aliphatic carbocycles. The Morgan fingerprint density at radius 1 is 1.47 bits per heavy atom. The lowest BCUT2D eigenvalue weighted by molar-refractivity contribution is -0.139. The second-order valence-electron chi connectivity index (χ2n) is 4.70. The van der Waals surface area contributed by atoms with Crippen molar-refractivity contribution in [3.8, 4) is 0 Å². The average Bonchev–Trinajstić information content (AvgIpc) is 2.25. The zero-order chi connectivity index (χ0) is 14.2. The van der Waals surface area contributed by atoms with Crippen molar-refractivity contribution in [1.29, 1.82) is 0 Å². The molecule has 1 aliphatic heterocycles.